The molecule has 0 radical (unpaired) electrons. The molecule has 0 aliphatic carbocycles. The van der Waals surface area contributed by atoms with Crippen molar-refractivity contribution in [3.05, 3.63) is 65.7 Å². The maximum Gasteiger partial charge on any atom is 0.229 e. The highest BCUT2D eigenvalue weighted by molar-refractivity contribution is 5.81. The minimum absolute atomic E-state index is 0.0902. The van der Waals surface area contributed by atoms with Crippen molar-refractivity contribution in [2.24, 2.45) is 5.10 Å². The summed E-state index contributed by atoms with van der Waals surface area (Å²) < 4.78 is 12.1. The lowest BCUT2D eigenvalue weighted by Gasteiger charge is -2.31. The molecule has 0 bridgehead atoms. The third-order valence-corrected chi connectivity index (χ3v) is 7.25. The van der Waals surface area contributed by atoms with Gasteiger partial charge in [-0.05, 0) is 81.7 Å². The molecule has 1 atom stereocenters. The van der Waals surface area contributed by atoms with Crippen molar-refractivity contribution < 1.29 is 9.47 Å². The standard InChI is InChI=1S/C31H40N6O2/c1-3-38-28-21-25(15-16-27(28)39-24(2)26-13-7-4-8-14-26)23-32-35-29-22-30(36-17-9-5-10-18-36)34-31(33-29)37-19-11-6-12-20-37/h4,7-8,13-16,21-24H,3,5-6,9-12,17-20H2,1-2H3,(H,33,34,35)/b32-23-/t24-/m0/s1. The van der Waals surface area contributed by atoms with E-state index in [1.54, 1.807) is 6.21 Å². The Balaban J connectivity index is 1.31. The number of hydrazone groups is 1. The number of nitrogens with zero attached hydrogens (tertiary/aromatic N) is 5. The lowest BCUT2D eigenvalue weighted by molar-refractivity contribution is 0.211. The third-order valence-electron chi connectivity index (χ3n) is 7.25. The molecule has 39 heavy (non-hydrogen) atoms. The number of hydrogen-bond donors (Lipinski definition) is 1. The maximum atomic E-state index is 6.24. The molecule has 8 heteroatoms. The van der Waals surface area contributed by atoms with E-state index < -0.39 is 0 Å². The van der Waals surface area contributed by atoms with E-state index in [4.69, 9.17) is 19.4 Å². The second-order valence-corrected chi connectivity index (χ2v) is 10.2. The van der Waals surface area contributed by atoms with Crippen LogP contribution in [0.3, 0.4) is 0 Å². The molecule has 3 aromatic rings. The summed E-state index contributed by atoms with van der Waals surface area (Å²) in [7, 11) is 0. The van der Waals surface area contributed by atoms with Gasteiger partial charge in [0.05, 0.1) is 12.8 Å². The van der Waals surface area contributed by atoms with Crippen LogP contribution in [0.1, 0.15) is 69.6 Å². The van der Waals surface area contributed by atoms with Gasteiger partial charge < -0.3 is 19.3 Å². The molecule has 1 N–H and O–H groups in total. The Morgan fingerprint density at radius 3 is 2.31 bits per heavy atom. The van der Waals surface area contributed by atoms with Gasteiger partial charge in [-0.3, -0.25) is 5.43 Å². The zero-order valence-electron chi connectivity index (χ0n) is 23.2. The van der Waals surface area contributed by atoms with Crippen LogP contribution in [0.2, 0.25) is 0 Å². The van der Waals surface area contributed by atoms with Gasteiger partial charge in [0.1, 0.15) is 11.9 Å². The SMILES string of the molecule is CCOc1cc(/C=N\Nc2cc(N3CCCCC3)nc(N3CCCCC3)n2)ccc1O[C@@H](C)c1ccccc1. The molecule has 5 rings (SSSR count). The Morgan fingerprint density at radius 1 is 0.872 bits per heavy atom. The second kappa shape index (κ2) is 13.3. The van der Waals surface area contributed by atoms with Crippen molar-refractivity contribution in [1.29, 1.82) is 0 Å². The first-order chi connectivity index (χ1) is 19.2. The average Bonchev–Trinajstić information content (AvgIpc) is 3.00. The molecule has 0 unspecified atom stereocenters. The molecule has 0 amide bonds. The first-order valence-corrected chi connectivity index (χ1v) is 14.4. The van der Waals surface area contributed by atoms with Crippen LogP contribution in [0.4, 0.5) is 17.6 Å². The summed E-state index contributed by atoms with van der Waals surface area (Å²) in [5, 5.41) is 4.53. The Morgan fingerprint density at radius 2 is 1.59 bits per heavy atom. The quantitative estimate of drug-likeness (QED) is 0.240. The lowest BCUT2D eigenvalue weighted by atomic mass is 10.1. The first-order valence-electron chi connectivity index (χ1n) is 14.4. The first kappa shape index (κ1) is 26.8. The summed E-state index contributed by atoms with van der Waals surface area (Å²) in [5.74, 6) is 3.90. The molecule has 0 saturated carbocycles. The van der Waals surface area contributed by atoms with E-state index >= 15 is 0 Å². The fourth-order valence-electron chi connectivity index (χ4n) is 5.13. The third kappa shape index (κ3) is 7.19. The maximum absolute atomic E-state index is 6.24. The van der Waals surface area contributed by atoms with Crippen LogP contribution >= 0.6 is 0 Å². The van der Waals surface area contributed by atoms with Crippen LogP contribution in [-0.2, 0) is 0 Å². The summed E-state index contributed by atoms with van der Waals surface area (Å²) in [5.41, 5.74) is 5.19. The minimum atomic E-state index is -0.0902. The van der Waals surface area contributed by atoms with E-state index in [1.807, 2.05) is 56.3 Å². The van der Waals surface area contributed by atoms with Crippen molar-refractivity contribution in [2.45, 2.75) is 58.5 Å². The number of piperidine rings is 2. The van der Waals surface area contributed by atoms with E-state index in [9.17, 15) is 0 Å². The molecule has 2 aliphatic heterocycles. The molecule has 3 heterocycles. The summed E-state index contributed by atoms with van der Waals surface area (Å²) in [6.07, 6.45) is 9.04. The molecular formula is C31H40N6O2. The van der Waals surface area contributed by atoms with Crippen molar-refractivity contribution >= 4 is 23.8 Å². The molecule has 2 saturated heterocycles. The van der Waals surface area contributed by atoms with Crippen LogP contribution < -0.4 is 24.7 Å². The Kier molecular flexibility index (Phi) is 9.14. The van der Waals surface area contributed by atoms with Crippen LogP contribution in [0.25, 0.3) is 0 Å². The van der Waals surface area contributed by atoms with Gasteiger partial charge in [0.15, 0.2) is 17.3 Å². The molecule has 2 fully saturated rings. The summed E-state index contributed by atoms with van der Waals surface area (Å²) in [4.78, 5) is 14.4. The van der Waals surface area contributed by atoms with Crippen molar-refractivity contribution in [3.8, 4) is 11.5 Å². The molecule has 2 aliphatic rings. The van der Waals surface area contributed by atoms with E-state index in [0.29, 0.717) is 23.9 Å². The molecule has 1 aromatic heterocycles. The zero-order valence-corrected chi connectivity index (χ0v) is 23.2. The Labute approximate surface area is 232 Å². The highest BCUT2D eigenvalue weighted by atomic mass is 16.5. The number of rotatable bonds is 10. The summed E-state index contributed by atoms with van der Waals surface area (Å²) in [6, 6.07) is 18.1. The number of ether oxygens (including phenoxy) is 2. The van der Waals surface area contributed by atoms with Gasteiger partial charge in [-0.15, -0.1) is 0 Å². The van der Waals surface area contributed by atoms with E-state index in [0.717, 1.165) is 49.1 Å². The zero-order chi connectivity index (χ0) is 26.9. The highest BCUT2D eigenvalue weighted by Crippen LogP contribution is 2.32. The lowest BCUT2D eigenvalue weighted by Crippen LogP contribution is -2.33. The molecular weight excluding hydrogens is 488 g/mol. The van der Waals surface area contributed by atoms with Gasteiger partial charge in [0, 0.05) is 32.2 Å². The predicted molar refractivity (Wildman–Crippen MR) is 158 cm³/mol. The summed E-state index contributed by atoms with van der Waals surface area (Å²) >= 11 is 0. The van der Waals surface area contributed by atoms with Crippen LogP contribution in [0, 0.1) is 0 Å². The fourth-order valence-corrected chi connectivity index (χ4v) is 5.13. The molecule has 206 valence electrons. The number of hydrogen-bond acceptors (Lipinski definition) is 8. The number of benzene rings is 2. The van der Waals surface area contributed by atoms with Crippen LogP contribution in [0.15, 0.2) is 59.7 Å². The fraction of sp³-hybridized carbons (Fsp3) is 0.452. The van der Waals surface area contributed by atoms with Crippen LogP contribution in [-0.4, -0.2) is 49.0 Å². The highest BCUT2D eigenvalue weighted by Gasteiger charge is 2.19. The van der Waals surface area contributed by atoms with Gasteiger partial charge in [-0.1, -0.05) is 30.3 Å². The molecule has 2 aromatic carbocycles. The van der Waals surface area contributed by atoms with E-state index in [1.165, 1.54) is 38.5 Å². The van der Waals surface area contributed by atoms with Crippen LogP contribution in [0.5, 0.6) is 11.5 Å². The van der Waals surface area contributed by atoms with Gasteiger partial charge in [0.2, 0.25) is 5.95 Å². The van der Waals surface area contributed by atoms with Gasteiger partial charge in [0.25, 0.3) is 0 Å². The van der Waals surface area contributed by atoms with Gasteiger partial charge in [-0.2, -0.15) is 15.1 Å². The number of anilines is 3. The van der Waals surface area contributed by atoms with Gasteiger partial charge in [-0.25, -0.2) is 0 Å². The van der Waals surface area contributed by atoms with Gasteiger partial charge >= 0.3 is 0 Å². The van der Waals surface area contributed by atoms with Crippen molar-refractivity contribution in [1.82, 2.24) is 9.97 Å². The number of aromatic nitrogens is 2. The Bertz CT molecular complexity index is 1190. The predicted octanol–water partition coefficient (Wildman–Crippen LogP) is 6.44. The topological polar surface area (TPSA) is 75.1 Å². The largest absolute Gasteiger partial charge is 0.490 e. The summed E-state index contributed by atoms with van der Waals surface area (Å²) in [6.45, 7) is 8.65. The van der Waals surface area contributed by atoms with E-state index in [2.05, 4.69) is 32.5 Å². The van der Waals surface area contributed by atoms with Crippen molar-refractivity contribution in [2.75, 3.05) is 48.0 Å². The Hall–Kier alpha value is -3.81. The normalized spacial score (nSPS) is 16.8. The van der Waals surface area contributed by atoms with E-state index in [-0.39, 0.29) is 6.10 Å². The minimum Gasteiger partial charge on any atom is -0.490 e. The average molecular weight is 529 g/mol. The smallest absolute Gasteiger partial charge is 0.229 e. The number of nitrogens with one attached hydrogen (secondary N) is 1. The van der Waals surface area contributed by atoms with Crippen molar-refractivity contribution in [3.63, 3.8) is 0 Å². The monoisotopic (exact) mass is 528 g/mol. The second-order valence-electron chi connectivity index (χ2n) is 10.2. The molecule has 0 spiro atoms. The molecule has 8 nitrogen and oxygen atoms in total.